The van der Waals surface area contributed by atoms with Gasteiger partial charge in [0, 0.05) is 30.8 Å². The van der Waals surface area contributed by atoms with E-state index in [0.29, 0.717) is 18.4 Å². The maximum absolute atomic E-state index is 14.0. The maximum atomic E-state index is 14.0. The molecule has 250 valence electrons. The van der Waals surface area contributed by atoms with E-state index in [0.717, 1.165) is 68.1 Å². The van der Waals surface area contributed by atoms with Gasteiger partial charge in [-0.2, -0.15) is 13.2 Å². The zero-order valence-corrected chi connectivity index (χ0v) is 28.8. The number of carbonyl (C=O) groups is 1. The first-order chi connectivity index (χ1) is 21.8. The van der Waals surface area contributed by atoms with Gasteiger partial charge in [0.05, 0.1) is 17.3 Å². The highest BCUT2D eigenvalue weighted by molar-refractivity contribution is 5.95. The molecule has 0 fully saturated rings. The topological polar surface area (TPSA) is 39.2 Å². The third-order valence-electron chi connectivity index (χ3n) is 10.4. The molecule has 1 aliphatic carbocycles. The van der Waals surface area contributed by atoms with Crippen LogP contribution < -0.4 is 0 Å². The summed E-state index contributed by atoms with van der Waals surface area (Å²) in [6.45, 7) is 14.5. The molecule has 0 saturated heterocycles. The summed E-state index contributed by atoms with van der Waals surface area (Å²) >= 11 is 0. The van der Waals surface area contributed by atoms with E-state index in [4.69, 9.17) is 4.74 Å². The number of allylic oxidation sites excluding steroid dienone is 4. The summed E-state index contributed by atoms with van der Waals surface area (Å²) in [6.07, 6.45) is 11.6. The normalized spacial score (nSPS) is 21.9. The smallest absolute Gasteiger partial charge is 0.367 e. The lowest BCUT2D eigenvalue weighted by molar-refractivity contribution is -0.138. The molecule has 2 heterocycles. The van der Waals surface area contributed by atoms with Gasteiger partial charge in [0.25, 0.3) is 0 Å². The van der Waals surface area contributed by atoms with Gasteiger partial charge in [-0.15, -0.1) is 0 Å². The van der Waals surface area contributed by atoms with Crippen LogP contribution >= 0.6 is 0 Å². The minimum Gasteiger partial charge on any atom is -0.367 e. The largest absolute Gasteiger partial charge is 0.416 e. The minimum absolute atomic E-state index is 0.00594. The van der Waals surface area contributed by atoms with Gasteiger partial charge in [-0.1, -0.05) is 58.4 Å². The van der Waals surface area contributed by atoms with Crippen LogP contribution in [-0.2, 0) is 22.1 Å². The average molecular weight is 636 g/mol. The number of halogens is 3. The van der Waals surface area contributed by atoms with E-state index < -0.39 is 11.7 Å². The highest BCUT2D eigenvalue weighted by Gasteiger charge is 2.39. The molecule has 0 bridgehead atoms. The van der Waals surface area contributed by atoms with Crippen LogP contribution in [0.1, 0.15) is 116 Å². The van der Waals surface area contributed by atoms with Crippen LogP contribution in [-0.4, -0.2) is 22.5 Å². The third kappa shape index (κ3) is 8.48. The highest BCUT2D eigenvalue weighted by atomic mass is 19.4. The number of rotatable bonds is 13. The predicted molar refractivity (Wildman–Crippen MR) is 181 cm³/mol. The number of nitrogens with zero attached hydrogens (tertiary/aromatic N) is 1. The Morgan fingerprint density at radius 2 is 1.83 bits per heavy atom. The van der Waals surface area contributed by atoms with Gasteiger partial charge in [-0.3, -0.25) is 9.78 Å². The van der Waals surface area contributed by atoms with Gasteiger partial charge in [0.1, 0.15) is 0 Å². The number of aryl methyl sites for hydroxylation is 1. The fourth-order valence-corrected chi connectivity index (χ4v) is 7.30. The summed E-state index contributed by atoms with van der Waals surface area (Å²) in [5, 5.41) is 0. The molecule has 0 amide bonds. The Balaban J connectivity index is 1.53. The molecule has 0 radical (unpaired) electrons. The molecule has 2 aliphatic rings. The van der Waals surface area contributed by atoms with E-state index in [1.54, 1.807) is 18.5 Å². The highest BCUT2D eigenvalue weighted by Crippen LogP contribution is 2.45. The van der Waals surface area contributed by atoms with E-state index >= 15 is 0 Å². The van der Waals surface area contributed by atoms with E-state index in [9.17, 15) is 18.0 Å². The second kappa shape index (κ2) is 15.3. The van der Waals surface area contributed by atoms with Gasteiger partial charge in [-0.25, -0.2) is 0 Å². The van der Waals surface area contributed by atoms with Crippen LogP contribution in [0.2, 0.25) is 0 Å². The number of ketones is 1. The molecule has 46 heavy (non-hydrogen) atoms. The van der Waals surface area contributed by atoms with Crippen LogP contribution in [0.3, 0.4) is 0 Å². The molecule has 0 saturated carbocycles. The van der Waals surface area contributed by atoms with Crippen molar-refractivity contribution < 1.29 is 22.7 Å². The van der Waals surface area contributed by atoms with Crippen molar-refractivity contribution in [3.8, 4) is 11.1 Å². The minimum atomic E-state index is -4.40. The first-order valence-corrected chi connectivity index (χ1v) is 17.2. The molecule has 1 aromatic heterocycles. The first-order valence-electron chi connectivity index (χ1n) is 17.2. The number of alkyl halides is 3. The summed E-state index contributed by atoms with van der Waals surface area (Å²) in [6, 6.07) is 6.77. The number of aromatic nitrogens is 1. The van der Waals surface area contributed by atoms with Gasteiger partial charge in [-0.05, 0) is 129 Å². The number of ether oxygens (including phenoxy) is 1. The number of Topliss-reactive ketones (excluding diaryl/α,β-unsaturated/α-hetero) is 1. The van der Waals surface area contributed by atoms with Gasteiger partial charge in [0.2, 0.25) is 0 Å². The standard InChI is InChI=1S/C40H52F3NO2/c1-8-11-38(45)32-15-13-31(14-16-32)36-24-39(18-9-2,46-30(7)29(36)6)19-17-26(3)27(4)21-34-23-37(40(41,42)43)28(5)22-35(34)33-12-10-20-44-25-33/h10,12-13,15,20,22-23,25-27,30H,8-9,11,14,16-19,21,24H2,1-7H3. The van der Waals surface area contributed by atoms with E-state index in [2.05, 4.69) is 45.7 Å². The zero-order chi connectivity index (χ0) is 33.6. The zero-order valence-electron chi connectivity index (χ0n) is 28.8. The molecular weight excluding hydrogens is 583 g/mol. The quantitative estimate of drug-likeness (QED) is 0.220. The predicted octanol–water partition coefficient (Wildman–Crippen LogP) is 11.4. The van der Waals surface area contributed by atoms with Crippen molar-refractivity contribution >= 4 is 5.78 Å². The molecule has 6 heteroatoms. The Bertz CT molecular complexity index is 1470. The number of pyridine rings is 1. The molecular formula is C40H52F3NO2. The summed E-state index contributed by atoms with van der Waals surface area (Å²) in [4.78, 5) is 16.7. The van der Waals surface area contributed by atoms with Crippen LogP contribution in [0.15, 0.2) is 71.1 Å². The fourth-order valence-electron chi connectivity index (χ4n) is 7.30. The average Bonchev–Trinajstić information content (AvgIpc) is 3.02. The fraction of sp³-hybridized carbons (Fsp3) is 0.550. The molecule has 4 atom stereocenters. The summed E-state index contributed by atoms with van der Waals surface area (Å²) in [5.74, 6) is 0.713. The second-order valence-electron chi connectivity index (χ2n) is 13.8. The van der Waals surface area contributed by atoms with E-state index in [-0.39, 0.29) is 34.9 Å². The molecule has 4 unspecified atom stereocenters. The number of carbonyl (C=O) groups excluding carboxylic acids is 1. The maximum Gasteiger partial charge on any atom is 0.416 e. The molecule has 0 spiro atoms. The Morgan fingerprint density at radius 1 is 1.07 bits per heavy atom. The first kappa shape index (κ1) is 35.9. The number of hydrogen-bond acceptors (Lipinski definition) is 3. The lowest BCUT2D eigenvalue weighted by Gasteiger charge is -2.44. The lowest BCUT2D eigenvalue weighted by Crippen LogP contribution is -2.41. The monoisotopic (exact) mass is 635 g/mol. The van der Waals surface area contributed by atoms with Crippen LogP contribution in [0.25, 0.3) is 11.1 Å². The van der Waals surface area contributed by atoms with Crippen LogP contribution in [0, 0.1) is 18.8 Å². The van der Waals surface area contributed by atoms with Crippen molar-refractivity contribution in [2.45, 2.75) is 131 Å². The molecule has 0 N–H and O–H groups in total. The van der Waals surface area contributed by atoms with Crippen molar-refractivity contribution in [2.75, 3.05) is 0 Å². The van der Waals surface area contributed by atoms with Crippen LogP contribution in [0.5, 0.6) is 0 Å². The Hall–Kier alpha value is -2.99. The van der Waals surface area contributed by atoms with Crippen LogP contribution in [0.4, 0.5) is 13.2 Å². The molecule has 2 aromatic rings. The molecule has 1 aromatic carbocycles. The van der Waals surface area contributed by atoms with Crippen molar-refractivity contribution in [2.24, 2.45) is 11.8 Å². The SMILES string of the molecule is CCCC(=O)C1=CC=C(C2=C(C)C(C)OC(CCC)(CCC(C)C(C)Cc3cc(C(F)(F)F)c(C)cc3-c3cccnc3)C2)CC1. The molecule has 1 aliphatic heterocycles. The number of hydrogen-bond donors (Lipinski definition) is 0. The second-order valence-corrected chi connectivity index (χ2v) is 13.8. The van der Waals surface area contributed by atoms with E-state index in [1.807, 2.05) is 25.1 Å². The van der Waals surface area contributed by atoms with Gasteiger partial charge in [0.15, 0.2) is 5.78 Å². The van der Waals surface area contributed by atoms with Crippen molar-refractivity contribution in [1.29, 1.82) is 0 Å². The van der Waals surface area contributed by atoms with Gasteiger partial charge < -0.3 is 4.74 Å². The summed E-state index contributed by atoms with van der Waals surface area (Å²) in [5.41, 5.74) is 6.68. The Morgan fingerprint density at radius 3 is 2.43 bits per heavy atom. The number of benzene rings is 1. The summed E-state index contributed by atoms with van der Waals surface area (Å²) < 4.78 is 48.7. The Kier molecular flexibility index (Phi) is 11.9. The third-order valence-corrected chi connectivity index (χ3v) is 10.4. The lowest BCUT2D eigenvalue weighted by atomic mass is 9.74. The van der Waals surface area contributed by atoms with Gasteiger partial charge >= 0.3 is 6.18 Å². The Labute approximate surface area is 274 Å². The van der Waals surface area contributed by atoms with Crippen molar-refractivity contribution in [1.82, 2.24) is 4.98 Å². The van der Waals surface area contributed by atoms with Crippen molar-refractivity contribution in [3.63, 3.8) is 0 Å². The molecule has 3 nitrogen and oxygen atoms in total. The molecule has 4 rings (SSSR count). The van der Waals surface area contributed by atoms with E-state index in [1.165, 1.54) is 29.7 Å². The summed E-state index contributed by atoms with van der Waals surface area (Å²) in [7, 11) is 0. The van der Waals surface area contributed by atoms with Crippen molar-refractivity contribution in [3.05, 3.63) is 87.8 Å².